The molecule has 1 aromatic heterocycles. The second-order valence-electron chi connectivity index (χ2n) is 8.68. The van der Waals surface area contributed by atoms with E-state index in [9.17, 15) is 27.9 Å². The Kier molecular flexibility index (Phi) is 7.35. The third-order valence-corrected chi connectivity index (χ3v) is 4.81. The van der Waals surface area contributed by atoms with Crippen LogP contribution in [-0.4, -0.2) is 40.8 Å². The number of benzene rings is 1. The molecule has 184 valence electrons. The molecule has 2 heterocycles. The number of alkyl halides is 3. The van der Waals surface area contributed by atoms with Crippen LogP contribution in [0.3, 0.4) is 0 Å². The van der Waals surface area contributed by atoms with Gasteiger partial charge in [-0.15, -0.1) is 0 Å². The van der Waals surface area contributed by atoms with E-state index < -0.39 is 23.6 Å². The number of aliphatic hydroxyl groups excluding tert-OH is 1. The fourth-order valence-electron chi connectivity index (χ4n) is 3.46. The fraction of sp³-hybridized carbons (Fsp3) is 0.435. The summed E-state index contributed by atoms with van der Waals surface area (Å²) in [6.07, 6.45) is -5.00. The highest BCUT2D eigenvalue weighted by atomic mass is 19.4. The van der Waals surface area contributed by atoms with Crippen molar-refractivity contribution in [3.8, 4) is 11.6 Å². The summed E-state index contributed by atoms with van der Waals surface area (Å²) in [5, 5.41) is 11.7. The number of halogens is 3. The van der Waals surface area contributed by atoms with Crippen LogP contribution in [0, 0.1) is 0 Å². The van der Waals surface area contributed by atoms with E-state index in [0.29, 0.717) is 17.7 Å². The van der Waals surface area contributed by atoms with Gasteiger partial charge in [0, 0.05) is 31.1 Å². The van der Waals surface area contributed by atoms with Crippen LogP contribution in [0.25, 0.3) is 0 Å². The molecule has 0 spiro atoms. The molecule has 34 heavy (non-hydrogen) atoms. The summed E-state index contributed by atoms with van der Waals surface area (Å²) >= 11 is 0. The lowest BCUT2D eigenvalue weighted by atomic mass is 10.00. The van der Waals surface area contributed by atoms with E-state index in [-0.39, 0.29) is 49.2 Å². The maximum Gasteiger partial charge on any atom is 0.433 e. The normalized spacial score (nSPS) is 14.0. The molecule has 2 amide bonds. The smallest absolute Gasteiger partial charge is 0.433 e. The Labute approximate surface area is 194 Å². The van der Waals surface area contributed by atoms with Crippen LogP contribution in [0.4, 0.5) is 23.7 Å². The molecule has 0 aliphatic carbocycles. The number of anilines is 1. The van der Waals surface area contributed by atoms with Gasteiger partial charge in [-0.25, -0.2) is 9.78 Å². The van der Waals surface area contributed by atoms with Gasteiger partial charge in [-0.1, -0.05) is 6.07 Å². The third-order valence-electron chi connectivity index (χ3n) is 4.81. The molecule has 1 aromatic carbocycles. The number of amides is 2. The lowest BCUT2D eigenvalue weighted by molar-refractivity contribution is -0.141. The topological polar surface area (TPSA) is 101 Å². The highest BCUT2D eigenvalue weighted by Gasteiger charge is 2.34. The summed E-state index contributed by atoms with van der Waals surface area (Å²) in [6, 6.07) is 6.99. The first-order valence-corrected chi connectivity index (χ1v) is 10.6. The molecule has 2 N–H and O–H groups in total. The van der Waals surface area contributed by atoms with Gasteiger partial charge in [-0.2, -0.15) is 13.2 Å². The number of fused-ring (bicyclic) bond motifs is 1. The zero-order valence-electron chi connectivity index (χ0n) is 19.0. The molecule has 0 bridgehead atoms. The Bertz CT molecular complexity index is 1070. The van der Waals surface area contributed by atoms with Gasteiger partial charge in [0.2, 0.25) is 11.8 Å². The first-order valence-electron chi connectivity index (χ1n) is 10.6. The maximum atomic E-state index is 13.5. The van der Waals surface area contributed by atoms with Crippen molar-refractivity contribution < 1.29 is 37.3 Å². The summed E-state index contributed by atoms with van der Waals surface area (Å²) < 4.78 is 51.2. The fourth-order valence-corrected chi connectivity index (χ4v) is 3.46. The van der Waals surface area contributed by atoms with Gasteiger partial charge in [-0.05, 0) is 51.0 Å². The van der Waals surface area contributed by atoms with Crippen LogP contribution in [0.1, 0.15) is 44.0 Å². The number of alkyl carbamates (subject to hydrolysis) is 1. The summed E-state index contributed by atoms with van der Waals surface area (Å²) in [7, 11) is 0. The highest BCUT2D eigenvalue weighted by Crippen LogP contribution is 2.37. The van der Waals surface area contributed by atoms with Crippen LogP contribution in [0.15, 0.2) is 30.3 Å². The molecule has 1 aliphatic rings. The van der Waals surface area contributed by atoms with Crippen LogP contribution in [0.2, 0.25) is 0 Å². The van der Waals surface area contributed by atoms with Gasteiger partial charge in [0.1, 0.15) is 17.0 Å². The Morgan fingerprint density at radius 3 is 2.59 bits per heavy atom. The van der Waals surface area contributed by atoms with E-state index in [4.69, 9.17) is 9.47 Å². The number of carbonyl (C=O) groups excluding carboxylic acids is 2. The molecule has 3 rings (SSSR count). The Hall–Kier alpha value is -3.34. The van der Waals surface area contributed by atoms with Crippen molar-refractivity contribution in [3.05, 3.63) is 47.2 Å². The van der Waals surface area contributed by atoms with Gasteiger partial charge in [-0.3, -0.25) is 4.79 Å². The van der Waals surface area contributed by atoms with E-state index in [1.54, 1.807) is 39.0 Å². The van der Waals surface area contributed by atoms with Crippen molar-refractivity contribution in [3.63, 3.8) is 0 Å². The quantitative estimate of drug-likeness (QED) is 0.642. The highest BCUT2D eigenvalue weighted by molar-refractivity contribution is 5.97. The number of aliphatic hydroxyl groups is 1. The van der Waals surface area contributed by atoms with E-state index >= 15 is 0 Å². The lowest BCUT2D eigenvalue weighted by Gasteiger charge is -2.30. The third kappa shape index (κ3) is 6.37. The van der Waals surface area contributed by atoms with Gasteiger partial charge in [0.05, 0.1) is 12.3 Å². The Morgan fingerprint density at radius 1 is 1.21 bits per heavy atom. The van der Waals surface area contributed by atoms with E-state index in [1.165, 1.54) is 11.0 Å². The molecule has 11 heteroatoms. The first kappa shape index (κ1) is 25.3. The summed E-state index contributed by atoms with van der Waals surface area (Å²) in [4.78, 5) is 29.1. The van der Waals surface area contributed by atoms with Crippen LogP contribution in [0.5, 0.6) is 11.6 Å². The summed E-state index contributed by atoms with van der Waals surface area (Å²) in [6.45, 7) is 4.63. The molecule has 1 aliphatic heterocycles. The number of pyridine rings is 1. The van der Waals surface area contributed by atoms with Gasteiger partial charge in [0.15, 0.2) is 0 Å². The van der Waals surface area contributed by atoms with Gasteiger partial charge in [0.25, 0.3) is 0 Å². The summed E-state index contributed by atoms with van der Waals surface area (Å²) in [5.41, 5.74) is -0.659. The molecule has 0 saturated carbocycles. The summed E-state index contributed by atoms with van der Waals surface area (Å²) in [5.74, 6) is -0.216. The minimum absolute atomic E-state index is 0.0948. The van der Waals surface area contributed by atoms with Crippen molar-refractivity contribution in [2.24, 2.45) is 0 Å². The van der Waals surface area contributed by atoms with Crippen LogP contribution in [-0.2, 0) is 28.7 Å². The minimum atomic E-state index is -4.74. The predicted molar refractivity (Wildman–Crippen MR) is 117 cm³/mol. The standard InChI is InChI=1S/C23H26F3N3O5/c1-22(2,3)34-21(32)27-13-14-11-18(23(24,25)26)28-19(12-14)33-17-6-4-5-16-15(17)7-8-20(31)29(16)9-10-30/h4-6,11-12,30H,7-10,13H2,1-3H3,(H,27,32). The predicted octanol–water partition coefficient (Wildman–Crippen LogP) is 4.19. The van der Waals surface area contributed by atoms with Crippen LogP contribution >= 0.6 is 0 Å². The van der Waals surface area contributed by atoms with E-state index in [2.05, 4.69) is 10.3 Å². The number of nitrogens with one attached hydrogen (secondary N) is 1. The molecule has 0 saturated heterocycles. The number of nitrogens with zero attached hydrogens (tertiary/aromatic N) is 2. The van der Waals surface area contributed by atoms with Crippen molar-refractivity contribution in [2.75, 3.05) is 18.1 Å². The number of hydrogen-bond donors (Lipinski definition) is 2. The minimum Gasteiger partial charge on any atom is -0.444 e. The Morgan fingerprint density at radius 2 is 1.94 bits per heavy atom. The number of hydrogen-bond acceptors (Lipinski definition) is 6. The lowest BCUT2D eigenvalue weighted by Crippen LogP contribution is -2.37. The molecular weight excluding hydrogens is 455 g/mol. The number of carbonyl (C=O) groups is 2. The van der Waals surface area contributed by atoms with Gasteiger partial charge < -0.3 is 24.8 Å². The second kappa shape index (κ2) is 9.88. The zero-order valence-corrected chi connectivity index (χ0v) is 19.0. The van der Waals surface area contributed by atoms with E-state index in [0.717, 1.165) is 6.07 Å². The molecule has 0 fully saturated rings. The molecule has 8 nitrogen and oxygen atoms in total. The molecule has 0 unspecified atom stereocenters. The number of ether oxygens (including phenoxy) is 2. The molecule has 0 radical (unpaired) electrons. The van der Waals surface area contributed by atoms with Crippen molar-refractivity contribution >= 4 is 17.7 Å². The largest absolute Gasteiger partial charge is 0.444 e. The average molecular weight is 481 g/mol. The van der Waals surface area contributed by atoms with Crippen molar-refractivity contribution in [1.29, 1.82) is 0 Å². The first-order chi connectivity index (χ1) is 15.9. The van der Waals surface area contributed by atoms with Crippen molar-refractivity contribution in [1.82, 2.24) is 10.3 Å². The molecular formula is C23H26F3N3O5. The SMILES string of the molecule is CC(C)(C)OC(=O)NCc1cc(Oc2cccc3c2CCC(=O)N3CCO)nc(C(F)(F)F)c1. The average Bonchev–Trinajstić information content (AvgIpc) is 2.72. The monoisotopic (exact) mass is 481 g/mol. The number of rotatable bonds is 6. The maximum absolute atomic E-state index is 13.5. The van der Waals surface area contributed by atoms with Crippen molar-refractivity contribution in [2.45, 2.75) is 51.9 Å². The second-order valence-corrected chi connectivity index (χ2v) is 8.68. The number of aromatic nitrogens is 1. The Balaban J connectivity index is 1.89. The number of β-amino-alcohol motifs (C(OH)–C–C–N with tert-alkyl or cyclic N) is 1. The molecule has 2 aromatic rings. The van der Waals surface area contributed by atoms with Gasteiger partial charge >= 0.3 is 12.3 Å². The zero-order chi connectivity index (χ0) is 25.1. The van der Waals surface area contributed by atoms with E-state index in [1.807, 2.05) is 0 Å². The molecule has 0 atom stereocenters. The van der Waals surface area contributed by atoms with Crippen LogP contribution < -0.4 is 15.0 Å².